The normalized spacial score (nSPS) is 22.6. The molecule has 2 N–H and O–H groups in total. The number of rotatable bonds is 6. The Morgan fingerprint density at radius 2 is 1.95 bits per heavy atom. The minimum Gasteiger partial charge on any atom is -0.478 e. The van der Waals surface area contributed by atoms with Gasteiger partial charge in [0, 0.05) is 6.54 Å². The Hall–Kier alpha value is -1.35. The van der Waals surface area contributed by atoms with E-state index in [0.29, 0.717) is 5.56 Å². The van der Waals surface area contributed by atoms with Crippen molar-refractivity contribution in [1.82, 2.24) is 5.32 Å². The van der Waals surface area contributed by atoms with Crippen LogP contribution in [-0.2, 0) is 6.54 Å². The third-order valence-electron chi connectivity index (χ3n) is 4.43. The van der Waals surface area contributed by atoms with Crippen LogP contribution in [0.3, 0.4) is 0 Å². The van der Waals surface area contributed by atoms with Gasteiger partial charge in [0.15, 0.2) is 0 Å². The molecular formula is C17H25NO2. The van der Waals surface area contributed by atoms with Crippen LogP contribution in [0, 0.1) is 11.8 Å². The van der Waals surface area contributed by atoms with E-state index in [2.05, 4.69) is 12.2 Å². The fourth-order valence-corrected chi connectivity index (χ4v) is 3.14. The van der Waals surface area contributed by atoms with Crippen LogP contribution in [0.5, 0.6) is 0 Å². The molecule has 2 rings (SSSR count). The van der Waals surface area contributed by atoms with Crippen LogP contribution in [-0.4, -0.2) is 17.6 Å². The van der Waals surface area contributed by atoms with E-state index in [1.54, 1.807) is 12.1 Å². The zero-order valence-corrected chi connectivity index (χ0v) is 12.3. The summed E-state index contributed by atoms with van der Waals surface area (Å²) in [5.41, 5.74) is 1.50. The second-order valence-electron chi connectivity index (χ2n) is 5.94. The van der Waals surface area contributed by atoms with E-state index in [-0.39, 0.29) is 0 Å². The molecule has 1 fully saturated rings. The first-order valence-corrected chi connectivity index (χ1v) is 7.72. The van der Waals surface area contributed by atoms with Crippen molar-refractivity contribution in [2.75, 3.05) is 6.54 Å². The first-order valence-electron chi connectivity index (χ1n) is 7.72. The molecule has 2 atom stereocenters. The highest BCUT2D eigenvalue weighted by Crippen LogP contribution is 2.30. The smallest absolute Gasteiger partial charge is 0.335 e. The van der Waals surface area contributed by atoms with E-state index in [4.69, 9.17) is 5.11 Å². The number of hydrogen-bond donors (Lipinski definition) is 2. The lowest BCUT2D eigenvalue weighted by molar-refractivity contribution is 0.0697. The van der Waals surface area contributed by atoms with Crippen LogP contribution in [0.25, 0.3) is 0 Å². The monoisotopic (exact) mass is 275 g/mol. The second kappa shape index (κ2) is 7.44. The standard InChI is InChI=1S/C17H25NO2/c1-2-13-4-3-5-15(10-13)12-18-11-14-6-8-16(9-7-14)17(19)20/h6-9,13,15,18H,2-5,10-12H2,1H3,(H,19,20). The van der Waals surface area contributed by atoms with Crippen molar-refractivity contribution in [3.05, 3.63) is 35.4 Å². The maximum absolute atomic E-state index is 10.8. The minimum atomic E-state index is -0.864. The molecule has 3 heteroatoms. The fourth-order valence-electron chi connectivity index (χ4n) is 3.14. The van der Waals surface area contributed by atoms with E-state index >= 15 is 0 Å². The SMILES string of the molecule is CCC1CCCC(CNCc2ccc(C(=O)O)cc2)C1. The first-order chi connectivity index (χ1) is 9.69. The van der Waals surface area contributed by atoms with Gasteiger partial charge in [-0.3, -0.25) is 0 Å². The van der Waals surface area contributed by atoms with Gasteiger partial charge in [-0.25, -0.2) is 4.79 Å². The summed E-state index contributed by atoms with van der Waals surface area (Å²) >= 11 is 0. The number of hydrogen-bond acceptors (Lipinski definition) is 2. The number of aromatic carboxylic acids is 1. The van der Waals surface area contributed by atoms with Gasteiger partial charge in [0.05, 0.1) is 5.56 Å². The van der Waals surface area contributed by atoms with Crippen molar-refractivity contribution in [3.63, 3.8) is 0 Å². The topological polar surface area (TPSA) is 49.3 Å². The van der Waals surface area contributed by atoms with E-state index < -0.39 is 5.97 Å². The molecule has 0 spiro atoms. The zero-order chi connectivity index (χ0) is 14.4. The van der Waals surface area contributed by atoms with Crippen molar-refractivity contribution in [2.45, 2.75) is 45.6 Å². The van der Waals surface area contributed by atoms with Crippen molar-refractivity contribution >= 4 is 5.97 Å². The molecule has 1 aromatic rings. The Bertz CT molecular complexity index is 427. The Morgan fingerprint density at radius 3 is 2.60 bits per heavy atom. The zero-order valence-electron chi connectivity index (χ0n) is 12.3. The molecule has 1 aliphatic carbocycles. The average Bonchev–Trinajstić information content (AvgIpc) is 2.48. The van der Waals surface area contributed by atoms with Gasteiger partial charge in [0.2, 0.25) is 0 Å². The van der Waals surface area contributed by atoms with E-state index in [1.807, 2.05) is 12.1 Å². The number of carboxylic acids is 1. The van der Waals surface area contributed by atoms with Crippen molar-refractivity contribution < 1.29 is 9.90 Å². The highest BCUT2D eigenvalue weighted by Gasteiger charge is 2.20. The predicted molar refractivity (Wildman–Crippen MR) is 80.8 cm³/mol. The van der Waals surface area contributed by atoms with Gasteiger partial charge in [-0.2, -0.15) is 0 Å². The van der Waals surface area contributed by atoms with E-state index in [9.17, 15) is 4.79 Å². The van der Waals surface area contributed by atoms with Gasteiger partial charge < -0.3 is 10.4 Å². The summed E-state index contributed by atoms with van der Waals surface area (Å²) in [6.45, 7) is 4.20. The Kier molecular flexibility index (Phi) is 5.60. The van der Waals surface area contributed by atoms with Crippen molar-refractivity contribution in [2.24, 2.45) is 11.8 Å². The molecule has 1 aromatic carbocycles. The molecule has 0 aromatic heterocycles. The Morgan fingerprint density at radius 1 is 1.25 bits per heavy atom. The average molecular weight is 275 g/mol. The van der Waals surface area contributed by atoms with E-state index in [0.717, 1.165) is 30.5 Å². The third-order valence-corrected chi connectivity index (χ3v) is 4.43. The lowest BCUT2D eigenvalue weighted by atomic mass is 9.80. The lowest BCUT2D eigenvalue weighted by Crippen LogP contribution is -2.26. The fraction of sp³-hybridized carbons (Fsp3) is 0.588. The molecule has 0 aliphatic heterocycles. The largest absolute Gasteiger partial charge is 0.478 e. The molecule has 1 saturated carbocycles. The van der Waals surface area contributed by atoms with Crippen molar-refractivity contribution in [1.29, 1.82) is 0 Å². The van der Waals surface area contributed by atoms with Crippen LogP contribution in [0.15, 0.2) is 24.3 Å². The van der Waals surface area contributed by atoms with Crippen LogP contribution in [0.1, 0.15) is 54.9 Å². The highest BCUT2D eigenvalue weighted by molar-refractivity contribution is 5.87. The molecule has 0 amide bonds. The Balaban J connectivity index is 1.74. The molecule has 0 bridgehead atoms. The van der Waals surface area contributed by atoms with Gasteiger partial charge in [-0.15, -0.1) is 0 Å². The summed E-state index contributed by atoms with van der Waals surface area (Å²) in [6.07, 6.45) is 6.80. The van der Waals surface area contributed by atoms with Gasteiger partial charge in [-0.1, -0.05) is 38.3 Å². The molecule has 110 valence electrons. The molecule has 0 heterocycles. The molecule has 20 heavy (non-hydrogen) atoms. The lowest BCUT2D eigenvalue weighted by Gasteiger charge is -2.28. The molecule has 0 radical (unpaired) electrons. The summed E-state index contributed by atoms with van der Waals surface area (Å²) in [5, 5.41) is 12.4. The number of nitrogens with one attached hydrogen (secondary N) is 1. The maximum Gasteiger partial charge on any atom is 0.335 e. The summed E-state index contributed by atoms with van der Waals surface area (Å²) in [7, 11) is 0. The third kappa shape index (κ3) is 4.34. The van der Waals surface area contributed by atoms with Crippen LogP contribution >= 0.6 is 0 Å². The second-order valence-corrected chi connectivity index (χ2v) is 5.94. The molecule has 1 aliphatic rings. The van der Waals surface area contributed by atoms with Gasteiger partial charge in [0.25, 0.3) is 0 Å². The molecule has 3 nitrogen and oxygen atoms in total. The number of benzene rings is 1. The van der Waals surface area contributed by atoms with E-state index in [1.165, 1.54) is 32.1 Å². The van der Waals surface area contributed by atoms with Gasteiger partial charge >= 0.3 is 5.97 Å². The van der Waals surface area contributed by atoms with Crippen LogP contribution < -0.4 is 5.32 Å². The molecular weight excluding hydrogens is 250 g/mol. The van der Waals surface area contributed by atoms with Crippen molar-refractivity contribution in [3.8, 4) is 0 Å². The molecule has 2 unspecified atom stereocenters. The summed E-state index contributed by atoms with van der Waals surface area (Å²) in [5.74, 6) is 0.870. The highest BCUT2D eigenvalue weighted by atomic mass is 16.4. The van der Waals surface area contributed by atoms with Crippen LogP contribution in [0.2, 0.25) is 0 Å². The van der Waals surface area contributed by atoms with Crippen LogP contribution in [0.4, 0.5) is 0 Å². The quantitative estimate of drug-likeness (QED) is 0.832. The maximum atomic E-state index is 10.8. The first kappa shape index (κ1) is 15.0. The summed E-state index contributed by atoms with van der Waals surface area (Å²) in [6, 6.07) is 7.14. The number of carboxylic acid groups (broad SMARTS) is 1. The number of carbonyl (C=O) groups is 1. The van der Waals surface area contributed by atoms with Gasteiger partial charge in [-0.05, 0) is 48.9 Å². The predicted octanol–water partition coefficient (Wildman–Crippen LogP) is 3.69. The summed E-state index contributed by atoms with van der Waals surface area (Å²) in [4.78, 5) is 10.8. The molecule has 0 saturated heterocycles. The van der Waals surface area contributed by atoms with Gasteiger partial charge in [0.1, 0.15) is 0 Å². The Labute approximate surface area is 121 Å². The minimum absolute atomic E-state index is 0.354. The summed E-state index contributed by atoms with van der Waals surface area (Å²) < 4.78 is 0.